The van der Waals surface area contributed by atoms with Gasteiger partial charge in [0.05, 0.1) is 6.61 Å². The zero-order valence-corrected chi connectivity index (χ0v) is 13.3. The standard InChI is InChI=1S/C17H28N2O2/c1-3-21-17-8-5-4-7-16(17)14-18-10-11-19(9-6-12-20)15(2)13-18/h4-5,7-8,15,20H,3,6,9-14H2,1-2H3. The molecule has 1 unspecified atom stereocenters. The molecule has 4 heteroatoms. The fraction of sp³-hybridized carbons (Fsp3) is 0.647. The number of piperazine rings is 1. The van der Waals surface area contributed by atoms with E-state index in [4.69, 9.17) is 9.84 Å². The smallest absolute Gasteiger partial charge is 0.123 e. The molecule has 1 N–H and O–H groups in total. The highest BCUT2D eigenvalue weighted by atomic mass is 16.5. The summed E-state index contributed by atoms with van der Waals surface area (Å²) in [4.78, 5) is 4.97. The van der Waals surface area contributed by atoms with E-state index >= 15 is 0 Å². The van der Waals surface area contributed by atoms with Crippen molar-refractivity contribution in [2.45, 2.75) is 32.9 Å². The van der Waals surface area contributed by atoms with Crippen LogP contribution in [0.5, 0.6) is 5.75 Å². The number of rotatable bonds is 7. The van der Waals surface area contributed by atoms with Crippen molar-refractivity contribution < 1.29 is 9.84 Å². The van der Waals surface area contributed by atoms with Gasteiger partial charge in [-0.15, -0.1) is 0 Å². The SMILES string of the molecule is CCOc1ccccc1CN1CCN(CCCO)C(C)C1. The summed E-state index contributed by atoms with van der Waals surface area (Å²) in [6, 6.07) is 8.88. The minimum Gasteiger partial charge on any atom is -0.494 e. The van der Waals surface area contributed by atoms with Gasteiger partial charge < -0.3 is 9.84 Å². The molecule has 1 saturated heterocycles. The second kappa shape index (κ2) is 8.37. The molecule has 0 spiro atoms. The van der Waals surface area contributed by atoms with E-state index in [0.717, 1.165) is 44.9 Å². The van der Waals surface area contributed by atoms with Gasteiger partial charge in [0.2, 0.25) is 0 Å². The molecular weight excluding hydrogens is 264 g/mol. The van der Waals surface area contributed by atoms with Gasteiger partial charge in [-0.1, -0.05) is 18.2 Å². The van der Waals surface area contributed by atoms with Gasteiger partial charge in [0.25, 0.3) is 0 Å². The minimum atomic E-state index is 0.286. The Hall–Kier alpha value is -1.10. The van der Waals surface area contributed by atoms with E-state index < -0.39 is 0 Å². The molecule has 1 aliphatic rings. The van der Waals surface area contributed by atoms with Crippen molar-refractivity contribution in [1.29, 1.82) is 0 Å². The van der Waals surface area contributed by atoms with Crippen molar-refractivity contribution in [1.82, 2.24) is 9.80 Å². The molecule has 0 radical (unpaired) electrons. The lowest BCUT2D eigenvalue weighted by Crippen LogP contribution is -2.51. The molecule has 4 nitrogen and oxygen atoms in total. The average Bonchev–Trinajstić information content (AvgIpc) is 2.49. The average molecular weight is 292 g/mol. The Morgan fingerprint density at radius 2 is 2.10 bits per heavy atom. The van der Waals surface area contributed by atoms with Crippen LogP contribution in [0, 0.1) is 0 Å². The highest BCUT2D eigenvalue weighted by Crippen LogP contribution is 2.21. The molecule has 1 heterocycles. The van der Waals surface area contributed by atoms with Gasteiger partial charge in [0.15, 0.2) is 0 Å². The number of hydrogen-bond acceptors (Lipinski definition) is 4. The van der Waals surface area contributed by atoms with Crippen LogP contribution in [-0.4, -0.2) is 60.3 Å². The van der Waals surface area contributed by atoms with Crippen molar-refractivity contribution in [2.24, 2.45) is 0 Å². The van der Waals surface area contributed by atoms with Crippen LogP contribution in [0.3, 0.4) is 0 Å². The maximum absolute atomic E-state index is 8.96. The van der Waals surface area contributed by atoms with Gasteiger partial charge in [0.1, 0.15) is 5.75 Å². The molecule has 0 aromatic heterocycles. The Bertz CT molecular complexity index is 425. The van der Waals surface area contributed by atoms with E-state index in [2.05, 4.69) is 34.9 Å². The molecule has 0 bridgehead atoms. The molecule has 21 heavy (non-hydrogen) atoms. The first-order valence-electron chi connectivity index (χ1n) is 8.02. The third-order valence-electron chi connectivity index (χ3n) is 4.12. The van der Waals surface area contributed by atoms with Crippen LogP contribution in [0.4, 0.5) is 0 Å². The number of ether oxygens (including phenoxy) is 1. The fourth-order valence-electron chi connectivity index (χ4n) is 2.99. The van der Waals surface area contributed by atoms with Gasteiger partial charge in [-0.25, -0.2) is 0 Å². The monoisotopic (exact) mass is 292 g/mol. The van der Waals surface area contributed by atoms with Crippen LogP contribution in [0.2, 0.25) is 0 Å². The van der Waals surface area contributed by atoms with Crippen molar-refractivity contribution in [2.75, 3.05) is 39.4 Å². The molecule has 1 atom stereocenters. The highest BCUT2D eigenvalue weighted by Gasteiger charge is 2.23. The second-order valence-corrected chi connectivity index (χ2v) is 5.74. The van der Waals surface area contributed by atoms with E-state index in [-0.39, 0.29) is 6.61 Å². The zero-order valence-electron chi connectivity index (χ0n) is 13.3. The summed E-state index contributed by atoms with van der Waals surface area (Å²) in [5.74, 6) is 1.01. The van der Waals surface area contributed by atoms with Crippen molar-refractivity contribution in [3.63, 3.8) is 0 Å². The topological polar surface area (TPSA) is 35.9 Å². The lowest BCUT2D eigenvalue weighted by molar-refractivity contribution is 0.0731. The van der Waals surface area contributed by atoms with E-state index in [1.807, 2.05) is 13.0 Å². The third kappa shape index (κ3) is 4.70. The number of aliphatic hydroxyl groups is 1. The molecule has 0 saturated carbocycles. The largest absolute Gasteiger partial charge is 0.494 e. The Kier molecular flexibility index (Phi) is 6.49. The first kappa shape index (κ1) is 16.3. The summed E-state index contributed by atoms with van der Waals surface area (Å²) in [5.41, 5.74) is 1.27. The van der Waals surface area contributed by atoms with Crippen LogP contribution in [0.25, 0.3) is 0 Å². The maximum Gasteiger partial charge on any atom is 0.123 e. The molecule has 0 aliphatic carbocycles. The molecule has 2 rings (SSSR count). The Morgan fingerprint density at radius 3 is 2.81 bits per heavy atom. The lowest BCUT2D eigenvalue weighted by Gasteiger charge is -2.40. The van der Waals surface area contributed by atoms with Gasteiger partial charge in [-0.3, -0.25) is 9.80 Å². The number of nitrogens with zero attached hydrogens (tertiary/aromatic N) is 2. The predicted molar refractivity (Wildman–Crippen MR) is 85.6 cm³/mol. The van der Waals surface area contributed by atoms with Crippen LogP contribution in [-0.2, 0) is 6.54 Å². The van der Waals surface area contributed by atoms with Crippen LogP contribution >= 0.6 is 0 Å². The van der Waals surface area contributed by atoms with E-state index in [1.54, 1.807) is 0 Å². The molecule has 1 fully saturated rings. The zero-order chi connectivity index (χ0) is 15.1. The summed E-state index contributed by atoms with van der Waals surface area (Å²) < 4.78 is 5.71. The van der Waals surface area contributed by atoms with Crippen LogP contribution in [0.1, 0.15) is 25.8 Å². The van der Waals surface area contributed by atoms with Crippen LogP contribution < -0.4 is 4.74 Å². The van der Waals surface area contributed by atoms with Crippen molar-refractivity contribution in [3.05, 3.63) is 29.8 Å². The number of hydrogen-bond donors (Lipinski definition) is 1. The molecule has 1 aromatic rings. The molecule has 0 amide bonds. The summed E-state index contributed by atoms with van der Waals surface area (Å²) in [6.07, 6.45) is 0.873. The first-order chi connectivity index (χ1) is 10.2. The fourth-order valence-corrected chi connectivity index (χ4v) is 2.99. The summed E-state index contributed by atoms with van der Waals surface area (Å²) >= 11 is 0. The lowest BCUT2D eigenvalue weighted by atomic mass is 10.1. The Balaban J connectivity index is 1.90. The Labute approximate surface area is 128 Å². The van der Waals surface area contributed by atoms with E-state index in [9.17, 15) is 0 Å². The second-order valence-electron chi connectivity index (χ2n) is 5.74. The molecular formula is C17H28N2O2. The minimum absolute atomic E-state index is 0.286. The van der Waals surface area contributed by atoms with Gasteiger partial charge in [-0.05, 0) is 26.3 Å². The van der Waals surface area contributed by atoms with Gasteiger partial charge in [-0.2, -0.15) is 0 Å². The summed E-state index contributed by atoms with van der Waals surface area (Å²) in [6.45, 7) is 10.5. The van der Waals surface area contributed by atoms with Gasteiger partial charge in [0, 0.05) is 50.9 Å². The van der Waals surface area contributed by atoms with Crippen LogP contribution in [0.15, 0.2) is 24.3 Å². The van der Waals surface area contributed by atoms with Crippen molar-refractivity contribution in [3.8, 4) is 5.75 Å². The normalized spacial score (nSPS) is 20.6. The Morgan fingerprint density at radius 1 is 1.29 bits per heavy atom. The number of benzene rings is 1. The summed E-state index contributed by atoms with van der Waals surface area (Å²) in [5, 5.41) is 8.96. The first-order valence-corrected chi connectivity index (χ1v) is 8.02. The summed E-state index contributed by atoms with van der Waals surface area (Å²) in [7, 11) is 0. The predicted octanol–water partition coefficient (Wildman–Crippen LogP) is 1.97. The molecule has 1 aliphatic heterocycles. The third-order valence-corrected chi connectivity index (χ3v) is 4.12. The van der Waals surface area contributed by atoms with Crippen molar-refractivity contribution >= 4 is 0 Å². The quantitative estimate of drug-likeness (QED) is 0.833. The molecule has 1 aromatic carbocycles. The van der Waals surface area contributed by atoms with Gasteiger partial charge >= 0.3 is 0 Å². The highest BCUT2D eigenvalue weighted by molar-refractivity contribution is 5.33. The number of aliphatic hydroxyl groups excluding tert-OH is 1. The van der Waals surface area contributed by atoms with E-state index in [1.165, 1.54) is 5.56 Å². The maximum atomic E-state index is 8.96. The number of para-hydroxylation sites is 1. The van der Waals surface area contributed by atoms with E-state index in [0.29, 0.717) is 12.6 Å². The molecule has 118 valence electrons.